The molecule has 0 spiro atoms. The van der Waals surface area contributed by atoms with Gasteiger partial charge < -0.3 is 10.1 Å². The topological polar surface area (TPSA) is 38.3 Å². The van der Waals surface area contributed by atoms with Gasteiger partial charge in [-0.1, -0.05) is 15.9 Å². The van der Waals surface area contributed by atoms with Crippen LogP contribution < -0.4 is 5.32 Å². The summed E-state index contributed by atoms with van der Waals surface area (Å²) in [5.41, 5.74) is 2.07. The molecule has 0 aliphatic rings. The summed E-state index contributed by atoms with van der Waals surface area (Å²) in [6.07, 6.45) is 0. The molecule has 0 atom stereocenters. The predicted molar refractivity (Wildman–Crippen MR) is 73.3 cm³/mol. The first-order valence-corrected chi connectivity index (χ1v) is 6.20. The maximum atomic E-state index is 12.0. The molecule has 4 heteroatoms. The SMILES string of the molecule is COC(C)(C)C(=O)Nc1c(C)cc(Br)cc1C. The minimum atomic E-state index is -0.827. The van der Waals surface area contributed by atoms with E-state index >= 15 is 0 Å². The van der Waals surface area contributed by atoms with Gasteiger partial charge in [-0.2, -0.15) is 0 Å². The second kappa shape index (κ2) is 5.19. The zero-order chi connectivity index (χ0) is 13.2. The van der Waals surface area contributed by atoms with E-state index < -0.39 is 5.60 Å². The maximum Gasteiger partial charge on any atom is 0.256 e. The smallest absolute Gasteiger partial charge is 0.256 e. The highest BCUT2D eigenvalue weighted by atomic mass is 79.9. The average molecular weight is 300 g/mol. The Morgan fingerprint density at radius 1 is 1.29 bits per heavy atom. The van der Waals surface area contributed by atoms with Gasteiger partial charge in [-0.15, -0.1) is 0 Å². The minimum absolute atomic E-state index is 0.145. The van der Waals surface area contributed by atoms with Gasteiger partial charge in [-0.3, -0.25) is 4.79 Å². The molecule has 1 N–H and O–H groups in total. The molecule has 0 fully saturated rings. The molecule has 0 heterocycles. The van der Waals surface area contributed by atoms with Gasteiger partial charge in [0.25, 0.3) is 5.91 Å². The molecule has 0 bridgehead atoms. The first-order valence-electron chi connectivity index (χ1n) is 5.41. The van der Waals surface area contributed by atoms with E-state index in [1.54, 1.807) is 13.8 Å². The number of carbonyl (C=O) groups excluding carboxylic acids is 1. The van der Waals surface area contributed by atoms with Gasteiger partial charge in [0, 0.05) is 17.3 Å². The van der Waals surface area contributed by atoms with Crippen molar-refractivity contribution in [3.05, 3.63) is 27.7 Å². The van der Waals surface area contributed by atoms with E-state index in [1.165, 1.54) is 7.11 Å². The van der Waals surface area contributed by atoms with Gasteiger partial charge in [0.1, 0.15) is 5.60 Å². The van der Waals surface area contributed by atoms with Crippen molar-refractivity contribution in [2.45, 2.75) is 33.3 Å². The molecule has 0 aromatic heterocycles. The summed E-state index contributed by atoms with van der Waals surface area (Å²) in [5, 5.41) is 2.91. The molecule has 3 nitrogen and oxygen atoms in total. The number of hydrogen-bond acceptors (Lipinski definition) is 2. The number of carbonyl (C=O) groups is 1. The van der Waals surface area contributed by atoms with Crippen LogP contribution in [0.3, 0.4) is 0 Å². The Labute approximate surface area is 111 Å². The van der Waals surface area contributed by atoms with E-state index in [4.69, 9.17) is 4.74 Å². The third kappa shape index (κ3) is 3.30. The van der Waals surface area contributed by atoms with Gasteiger partial charge in [-0.25, -0.2) is 0 Å². The first-order chi connectivity index (χ1) is 7.77. The van der Waals surface area contributed by atoms with Gasteiger partial charge in [0.2, 0.25) is 0 Å². The fourth-order valence-electron chi connectivity index (χ4n) is 1.46. The van der Waals surface area contributed by atoms with Crippen molar-refractivity contribution >= 4 is 27.5 Å². The molecule has 0 aliphatic carbocycles. The van der Waals surface area contributed by atoms with Gasteiger partial charge >= 0.3 is 0 Å². The Kier molecular flexibility index (Phi) is 4.33. The third-order valence-corrected chi connectivity index (χ3v) is 3.25. The molecule has 1 rings (SSSR count). The number of amides is 1. The van der Waals surface area contributed by atoms with Crippen LogP contribution in [0, 0.1) is 13.8 Å². The highest BCUT2D eigenvalue weighted by Crippen LogP contribution is 2.26. The van der Waals surface area contributed by atoms with Crippen molar-refractivity contribution in [3.63, 3.8) is 0 Å². The van der Waals surface area contributed by atoms with Crippen molar-refractivity contribution in [2.75, 3.05) is 12.4 Å². The van der Waals surface area contributed by atoms with E-state index in [-0.39, 0.29) is 5.91 Å². The summed E-state index contributed by atoms with van der Waals surface area (Å²) in [6.45, 7) is 7.41. The van der Waals surface area contributed by atoms with Crippen molar-refractivity contribution in [3.8, 4) is 0 Å². The monoisotopic (exact) mass is 299 g/mol. The fraction of sp³-hybridized carbons (Fsp3) is 0.462. The lowest BCUT2D eigenvalue weighted by Crippen LogP contribution is -2.39. The summed E-state index contributed by atoms with van der Waals surface area (Å²) >= 11 is 3.43. The lowest BCUT2D eigenvalue weighted by atomic mass is 10.1. The highest BCUT2D eigenvalue weighted by Gasteiger charge is 2.27. The van der Waals surface area contributed by atoms with Crippen LogP contribution in [-0.2, 0) is 9.53 Å². The summed E-state index contributed by atoms with van der Waals surface area (Å²) in [7, 11) is 1.53. The number of aryl methyl sites for hydroxylation is 2. The number of hydrogen-bond donors (Lipinski definition) is 1. The van der Waals surface area contributed by atoms with E-state index in [9.17, 15) is 4.79 Å². The summed E-state index contributed by atoms with van der Waals surface area (Å²) in [5.74, 6) is -0.145. The Morgan fingerprint density at radius 3 is 2.18 bits per heavy atom. The van der Waals surface area contributed by atoms with Crippen LogP contribution >= 0.6 is 15.9 Å². The number of nitrogens with one attached hydrogen (secondary N) is 1. The lowest BCUT2D eigenvalue weighted by molar-refractivity contribution is -0.133. The first kappa shape index (κ1) is 14.2. The standard InChI is InChI=1S/C13H18BrNO2/c1-8-6-10(14)7-9(2)11(8)15-12(16)13(3,4)17-5/h6-7H,1-5H3,(H,15,16). The molecule has 94 valence electrons. The number of methoxy groups -OCH3 is 1. The van der Waals surface area contributed by atoms with Crippen LogP contribution in [0.25, 0.3) is 0 Å². The highest BCUT2D eigenvalue weighted by molar-refractivity contribution is 9.10. The van der Waals surface area contributed by atoms with Crippen molar-refractivity contribution in [2.24, 2.45) is 0 Å². The fourth-order valence-corrected chi connectivity index (χ4v) is 2.15. The number of halogens is 1. The molecule has 0 radical (unpaired) electrons. The van der Waals surface area contributed by atoms with E-state index in [1.807, 2.05) is 26.0 Å². The average Bonchev–Trinajstić information content (AvgIpc) is 2.22. The molecular formula is C13H18BrNO2. The van der Waals surface area contributed by atoms with Crippen LogP contribution in [0.1, 0.15) is 25.0 Å². The molecule has 0 saturated heterocycles. The summed E-state index contributed by atoms with van der Waals surface area (Å²) < 4.78 is 6.16. The molecular weight excluding hydrogens is 282 g/mol. The van der Waals surface area contributed by atoms with E-state index in [0.717, 1.165) is 21.3 Å². The molecule has 0 saturated carbocycles. The molecule has 0 unspecified atom stereocenters. The van der Waals surface area contributed by atoms with Crippen molar-refractivity contribution in [1.29, 1.82) is 0 Å². The van der Waals surface area contributed by atoms with Crippen LogP contribution in [0.2, 0.25) is 0 Å². The summed E-state index contributed by atoms with van der Waals surface area (Å²) in [6, 6.07) is 3.95. The second-order valence-corrected chi connectivity index (χ2v) is 5.50. The quantitative estimate of drug-likeness (QED) is 0.928. The lowest BCUT2D eigenvalue weighted by Gasteiger charge is -2.23. The third-order valence-electron chi connectivity index (χ3n) is 2.79. The van der Waals surface area contributed by atoms with Crippen molar-refractivity contribution in [1.82, 2.24) is 0 Å². The van der Waals surface area contributed by atoms with Crippen LogP contribution in [0.15, 0.2) is 16.6 Å². The molecule has 17 heavy (non-hydrogen) atoms. The van der Waals surface area contributed by atoms with E-state index in [2.05, 4.69) is 21.2 Å². The second-order valence-electron chi connectivity index (χ2n) is 4.58. The molecule has 1 aromatic rings. The molecule has 0 aliphatic heterocycles. The Hall–Kier alpha value is -0.870. The Morgan fingerprint density at radius 2 is 1.76 bits per heavy atom. The predicted octanol–water partition coefficient (Wildman–Crippen LogP) is 3.43. The normalized spacial score (nSPS) is 11.4. The van der Waals surface area contributed by atoms with Gasteiger partial charge in [-0.05, 0) is 51.0 Å². The van der Waals surface area contributed by atoms with Gasteiger partial charge in [0.05, 0.1) is 0 Å². The Balaban J connectivity index is 3.01. The van der Waals surface area contributed by atoms with Crippen LogP contribution in [-0.4, -0.2) is 18.6 Å². The molecule has 1 aromatic carbocycles. The number of anilines is 1. The number of ether oxygens (including phenoxy) is 1. The van der Waals surface area contributed by atoms with E-state index in [0.29, 0.717) is 0 Å². The summed E-state index contributed by atoms with van der Waals surface area (Å²) in [4.78, 5) is 12.0. The number of benzene rings is 1. The van der Waals surface area contributed by atoms with Crippen molar-refractivity contribution < 1.29 is 9.53 Å². The maximum absolute atomic E-state index is 12.0. The number of rotatable bonds is 3. The van der Waals surface area contributed by atoms with Gasteiger partial charge in [0.15, 0.2) is 0 Å². The minimum Gasteiger partial charge on any atom is -0.369 e. The Bertz CT molecular complexity index is 418. The zero-order valence-corrected chi connectivity index (χ0v) is 12.4. The van der Waals surface area contributed by atoms with Crippen LogP contribution in [0.5, 0.6) is 0 Å². The largest absolute Gasteiger partial charge is 0.369 e. The molecule has 1 amide bonds. The van der Waals surface area contributed by atoms with Crippen LogP contribution in [0.4, 0.5) is 5.69 Å². The zero-order valence-electron chi connectivity index (χ0n) is 10.8.